The molecule has 8 heteroatoms. The van der Waals surface area contributed by atoms with Crippen LogP contribution in [0.25, 0.3) is 5.69 Å². The van der Waals surface area contributed by atoms with Gasteiger partial charge in [-0.2, -0.15) is 5.10 Å². The van der Waals surface area contributed by atoms with Gasteiger partial charge in [0.1, 0.15) is 0 Å². The molecule has 1 N–H and O–H groups in total. The van der Waals surface area contributed by atoms with Gasteiger partial charge in [0.2, 0.25) is 10.0 Å². The number of benzene rings is 2. The number of aromatic nitrogens is 2. The maximum Gasteiger partial charge on any atom is 0.253 e. The van der Waals surface area contributed by atoms with E-state index in [1.54, 1.807) is 35.0 Å². The average Bonchev–Trinajstić information content (AvgIpc) is 3.41. The fourth-order valence-corrected chi connectivity index (χ4v) is 4.37. The van der Waals surface area contributed by atoms with Crippen LogP contribution in [0.5, 0.6) is 0 Å². The minimum absolute atomic E-state index is 0.0168. The van der Waals surface area contributed by atoms with Gasteiger partial charge in [0.05, 0.1) is 16.8 Å². The van der Waals surface area contributed by atoms with Crippen molar-refractivity contribution in [1.82, 2.24) is 19.4 Å². The molecule has 1 heterocycles. The van der Waals surface area contributed by atoms with Crippen LogP contribution in [0.4, 0.5) is 0 Å². The fraction of sp³-hybridized carbons (Fsp3) is 0.238. The SMILES string of the molecule is CN(Cc1cnn(-c2ccccc2)c1)C(=O)c1cccc(S(=O)(=O)NC2CC2)c1. The Kier molecular flexibility index (Phi) is 5.21. The van der Waals surface area contributed by atoms with Crippen LogP contribution in [0.3, 0.4) is 0 Å². The van der Waals surface area contributed by atoms with Crippen molar-refractivity contribution in [2.75, 3.05) is 7.05 Å². The molecule has 1 amide bonds. The van der Waals surface area contributed by atoms with Crippen molar-refractivity contribution in [1.29, 1.82) is 0 Å². The Morgan fingerprint density at radius 2 is 1.93 bits per heavy atom. The molecule has 0 atom stereocenters. The summed E-state index contributed by atoms with van der Waals surface area (Å²) in [4.78, 5) is 14.5. The number of amides is 1. The third-order valence-corrected chi connectivity index (χ3v) is 6.23. The van der Waals surface area contributed by atoms with E-state index in [-0.39, 0.29) is 16.8 Å². The summed E-state index contributed by atoms with van der Waals surface area (Å²) in [5.41, 5.74) is 2.15. The van der Waals surface area contributed by atoms with Gasteiger partial charge in [-0.1, -0.05) is 24.3 Å². The van der Waals surface area contributed by atoms with E-state index in [1.165, 1.54) is 12.1 Å². The van der Waals surface area contributed by atoms with E-state index in [0.29, 0.717) is 12.1 Å². The van der Waals surface area contributed by atoms with Gasteiger partial charge in [-0.25, -0.2) is 17.8 Å². The summed E-state index contributed by atoms with van der Waals surface area (Å²) in [6.07, 6.45) is 5.31. The highest BCUT2D eigenvalue weighted by Crippen LogP contribution is 2.23. The largest absolute Gasteiger partial charge is 0.337 e. The summed E-state index contributed by atoms with van der Waals surface area (Å²) in [5.74, 6) is -0.249. The predicted octanol–water partition coefficient (Wildman–Crippen LogP) is 2.59. The van der Waals surface area contributed by atoms with E-state index in [0.717, 1.165) is 24.1 Å². The molecule has 0 aliphatic heterocycles. The molecule has 7 nitrogen and oxygen atoms in total. The Balaban J connectivity index is 1.47. The highest BCUT2D eigenvalue weighted by atomic mass is 32.2. The van der Waals surface area contributed by atoms with Crippen molar-refractivity contribution in [3.05, 3.63) is 78.1 Å². The van der Waals surface area contributed by atoms with Crippen molar-refractivity contribution >= 4 is 15.9 Å². The lowest BCUT2D eigenvalue weighted by Gasteiger charge is -2.17. The number of hydrogen-bond acceptors (Lipinski definition) is 4. The summed E-state index contributed by atoms with van der Waals surface area (Å²) in [7, 11) is -1.91. The standard InChI is InChI=1S/C21H22N4O3S/c1-24(14-16-13-22-25(15-16)19-7-3-2-4-8-19)21(26)17-6-5-9-20(12-17)29(27,28)23-18-10-11-18/h2-9,12-13,15,18,23H,10-11,14H2,1H3. The maximum absolute atomic E-state index is 12.8. The second-order valence-corrected chi connectivity index (χ2v) is 8.93. The normalized spacial score (nSPS) is 14.0. The molecule has 1 saturated carbocycles. The van der Waals surface area contributed by atoms with Gasteiger partial charge in [-0.15, -0.1) is 0 Å². The first-order valence-corrected chi connectivity index (χ1v) is 10.9. The molecule has 3 aromatic rings. The molecule has 0 bridgehead atoms. The van der Waals surface area contributed by atoms with Gasteiger partial charge in [-0.05, 0) is 43.2 Å². The van der Waals surface area contributed by atoms with Crippen LogP contribution >= 0.6 is 0 Å². The van der Waals surface area contributed by atoms with E-state index in [4.69, 9.17) is 0 Å². The number of carbonyl (C=O) groups excluding carboxylic acids is 1. The van der Waals surface area contributed by atoms with Crippen LogP contribution in [-0.2, 0) is 16.6 Å². The minimum atomic E-state index is -3.60. The molecule has 4 rings (SSSR count). The maximum atomic E-state index is 12.8. The highest BCUT2D eigenvalue weighted by Gasteiger charge is 2.28. The molecule has 1 aliphatic carbocycles. The number of rotatable bonds is 7. The summed E-state index contributed by atoms with van der Waals surface area (Å²) in [6.45, 7) is 0.364. The number of carbonyl (C=O) groups is 1. The summed E-state index contributed by atoms with van der Waals surface area (Å²) in [5, 5.41) is 4.34. The van der Waals surface area contributed by atoms with E-state index >= 15 is 0 Å². The van der Waals surface area contributed by atoms with Gasteiger partial charge in [0.15, 0.2) is 0 Å². The zero-order valence-corrected chi connectivity index (χ0v) is 16.8. The lowest BCUT2D eigenvalue weighted by molar-refractivity contribution is 0.0785. The molecule has 1 aliphatic rings. The molecule has 2 aromatic carbocycles. The number of sulfonamides is 1. The second kappa shape index (κ2) is 7.81. The Morgan fingerprint density at radius 1 is 1.17 bits per heavy atom. The van der Waals surface area contributed by atoms with Gasteiger partial charge < -0.3 is 4.90 Å². The summed E-state index contributed by atoms with van der Waals surface area (Å²) in [6, 6.07) is 15.9. The summed E-state index contributed by atoms with van der Waals surface area (Å²) < 4.78 is 29.2. The number of nitrogens with zero attached hydrogens (tertiary/aromatic N) is 3. The Morgan fingerprint density at radius 3 is 2.66 bits per heavy atom. The first-order valence-electron chi connectivity index (χ1n) is 9.39. The number of nitrogens with one attached hydrogen (secondary N) is 1. The minimum Gasteiger partial charge on any atom is -0.337 e. The van der Waals surface area contributed by atoms with E-state index in [2.05, 4.69) is 9.82 Å². The molecule has 29 heavy (non-hydrogen) atoms. The van der Waals surface area contributed by atoms with Crippen molar-refractivity contribution in [2.45, 2.75) is 30.3 Å². The Bertz CT molecular complexity index is 1120. The Hall–Kier alpha value is -2.97. The average molecular weight is 410 g/mol. The third-order valence-electron chi connectivity index (χ3n) is 4.71. The molecule has 0 saturated heterocycles. The third kappa shape index (κ3) is 4.55. The molecule has 150 valence electrons. The van der Waals surface area contributed by atoms with Crippen LogP contribution in [0.2, 0.25) is 0 Å². The van der Waals surface area contributed by atoms with E-state index < -0.39 is 10.0 Å². The van der Waals surface area contributed by atoms with Crippen molar-refractivity contribution in [2.24, 2.45) is 0 Å². The molecular formula is C21H22N4O3S. The molecule has 0 spiro atoms. The van der Waals surface area contributed by atoms with Gasteiger partial charge in [-0.3, -0.25) is 4.79 Å². The van der Waals surface area contributed by atoms with Crippen molar-refractivity contribution in [3.8, 4) is 5.69 Å². The van der Waals surface area contributed by atoms with Crippen LogP contribution in [0, 0.1) is 0 Å². The van der Waals surface area contributed by atoms with Crippen molar-refractivity contribution in [3.63, 3.8) is 0 Å². The second-order valence-electron chi connectivity index (χ2n) is 7.21. The lowest BCUT2D eigenvalue weighted by Crippen LogP contribution is -2.28. The highest BCUT2D eigenvalue weighted by molar-refractivity contribution is 7.89. The predicted molar refractivity (Wildman–Crippen MR) is 109 cm³/mol. The van der Waals surface area contributed by atoms with Crippen LogP contribution in [-0.4, -0.2) is 42.1 Å². The molecular weight excluding hydrogens is 388 g/mol. The van der Waals surface area contributed by atoms with E-state index in [1.807, 2.05) is 36.5 Å². The van der Waals surface area contributed by atoms with Crippen LogP contribution in [0.1, 0.15) is 28.8 Å². The topological polar surface area (TPSA) is 84.3 Å². The van der Waals surface area contributed by atoms with Gasteiger partial charge in [0.25, 0.3) is 5.91 Å². The first-order chi connectivity index (χ1) is 13.9. The molecule has 1 fully saturated rings. The Labute approximate surface area is 170 Å². The molecule has 1 aromatic heterocycles. The molecule has 0 radical (unpaired) electrons. The fourth-order valence-electron chi connectivity index (χ4n) is 3.01. The van der Waals surface area contributed by atoms with Crippen LogP contribution in [0.15, 0.2) is 71.9 Å². The molecule has 0 unspecified atom stereocenters. The van der Waals surface area contributed by atoms with Gasteiger partial charge >= 0.3 is 0 Å². The zero-order valence-electron chi connectivity index (χ0n) is 16.0. The van der Waals surface area contributed by atoms with E-state index in [9.17, 15) is 13.2 Å². The summed E-state index contributed by atoms with van der Waals surface area (Å²) >= 11 is 0. The first kappa shape index (κ1) is 19.4. The smallest absolute Gasteiger partial charge is 0.253 e. The van der Waals surface area contributed by atoms with Gasteiger partial charge in [0, 0.05) is 37.0 Å². The number of hydrogen-bond donors (Lipinski definition) is 1. The van der Waals surface area contributed by atoms with Crippen LogP contribution < -0.4 is 4.72 Å². The number of para-hydroxylation sites is 1. The zero-order chi connectivity index (χ0) is 20.4. The van der Waals surface area contributed by atoms with Crippen molar-refractivity contribution < 1.29 is 13.2 Å². The lowest BCUT2D eigenvalue weighted by atomic mass is 10.2. The quantitative estimate of drug-likeness (QED) is 0.649. The monoisotopic (exact) mass is 410 g/mol.